The first-order chi connectivity index (χ1) is 20.6. The van der Waals surface area contributed by atoms with Gasteiger partial charge in [0.1, 0.15) is 22.3 Å². The van der Waals surface area contributed by atoms with E-state index in [4.69, 9.17) is 16.3 Å². The van der Waals surface area contributed by atoms with Crippen LogP contribution in [0.4, 0.5) is 14.5 Å². The van der Waals surface area contributed by atoms with Crippen molar-refractivity contribution < 1.29 is 23.1 Å². The third-order valence-corrected chi connectivity index (χ3v) is 10.0. The molecule has 0 saturated heterocycles. The lowest BCUT2D eigenvalue weighted by Gasteiger charge is -2.37. The van der Waals surface area contributed by atoms with Crippen LogP contribution in [0.25, 0.3) is 21.2 Å². The summed E-state index contributed by atoms with van der Waals surface area (Å²) in [7, 11) is 5.25. The normalized spacial score (nSPS) is 16.3. The lowest BCUT2D eigenvalue weighted by Crippen LogP contribution is -2.44. The predicted molar refractivity (Wildman–Crippen MR) is 176 cm³/mol. The van der Waals surface area contributed by atoms with Crippen LogP contribution in [-0.2, 0) is 11.3 Å². The minimum Gasteiger partial charge on any atom is -0.496 e. The Morgan fingerprint density at radius 2 is 1.64 bits per heavy atom. The van der Waals surface area contributed by atoms with Gasteiger partial charge in [0, 0.05) is 43.9 Å². The molecule has 3 aromatic carbocycles. The molecule has 4 aromatic rings. The Labute approximate surface area is 271 Å². The van der Waals surface area contributed by atoms with E-state index in [1.54, 1.807) is 24.0 Å². The summed E-state index contributed by atoms with van der Waals surface area (Å²) >= 11 is 7.46. The van der Waals surface area contributed by atoms with Crippen molar-refractivity contribution in [3.05, 3.63) is 81.7 Å². The monoisotopic (exact) mass is 661 g/mol. The number of amides is 2. The van der Waals surface area contributed by atoms with E-state index in [-0.39, 0.29) is 56.8 Å². The number of nitrogens with one attached hydrogen (secondary N) is 1. The Balaban J connectivity index is 0.00000442. The van der Waals surface area contributed by atoms with E-state index < -0.39 is 11.6 Å². The lowest BCUT2D eigenvalue weighted by molar-refractivity contribution is -0.116. The fourth-order valence-corrected chi connectivity index (χ4v) is 7.24. The van der Waals surface area contributed by atoms with Crippen molar-refractivity contribution >= 4 is 62.9 Å². The van der Waals surface area contributed by atoms with Gasteiger partial charge in [-0.25, -0.2) is 8.78 Å². The highest BCUT2D eigenvalue weighted by Crippen LogP contribution is 2.40. The predicted octanol–water partition coefficient (Wildman–Crippen LogP) is 8.09. The average molecular weight is 663 g/mol. The molecule has 1 aliphatic rings. The molecule has 0 spiro atoms. The van der Waals surface area contributed by atoms with Gasteiger partial charge in [-0.2, -0.15) is 0 Å². The van der Waals surface area contributed by atoms with Crippen LogP contribution >= 0.6 is 35.3 Å². The third-order valence-electron chi connectivity index (χ3n) is 8.36. The zero-order valence-corrected chi connectivity index (χ0v) is 27.3. The second kappa shape index (κ2) is 14.2. The topological polar surface area (TPSA) is 61.9 Å². The van der Waals surface area contributed by atoms with Gasteiger partial charge < -0.3 is 19.9 Å². The molecular formula is C33H35Cl2F2N3O3S. The molecule has 0 aliphatic heterocycles. The van der Waals surface area contributed by atoms with Crippen LogP contribution < -0.4 is 15.0 Å². The minimum absolute atomic E-state index is 0. The minimum atomic E-state index is -0.660. The summed E-state index contributed by atoms with van der Waals surface area (Å²) in [4.78, 5) is 29.5. The average Bonchev–Trinajstić information content (AvgIpc) is 3.39. The number of anilines is 1. The van der Waals surface area contributed by atoms with Crippen molar-refractivity contribution in [1.82, 2.24) is 10.2 Å². The van der Waals surface area contributed by atoms with Gasteiger partial charge in [-0.1, -0.05) is 29.8 Å². The molecular weight excluding hydrogens is 627 g/mol. The van der Waals surface area contributed by atoms with Gasteiger partial charge in [0.2, 0.25) is 5.91 Å². The van der Waals surface area contributed by atoms with Gasteiger partial charge in [-0.3, -0.25) is 9.59 Å². The standard InChI is InChI=1S/C33H34ClF2N3O3S.ClH/c1-19(40)38(3)24-10-5-20(6-11-24)21-7-16-28(42-4)22(17-21)18-39(25-12-8-23(37-2)9-13-25)33(41)32-30(34)29-26(35)14-15-27(36)31(29)43-32;/h5-7,10-11,14-17,23,25,37H,8-9,12-13,18H2,1-4H3;1H. The molecule has 11 heteroatoms. The molecule has 1 heterocycles. The second-order valence-electron chi connectivity index (χ2n) is 10.9. The number of nitrogens with zero attached hydrogens (tertiary/aromatic N) is 2. The van der Waals surface area contributed by atoms with Crippen LogP contribution in [0.15, 0.2) is 54.6 Å². The van der Waals surface area contributed by atoms with E-state index in [9.17, 15) is 18.4 Å². The zero-order valence-electron chi connectivity index (χ0n) is 25.0. The van der Waals surface area contributed by atoms with Crippen LogP contribution in [0.3, 0.4) is 0 Å². The molecule has 1 N–H and O–H groups in total. The fourth-order valence-electron chi connectivity index (χ4n) is 5.73. The number of methoxy groups -OCH3 is 1. The van der Waals surface area contributed by atoms with Crippen LogP contribution in [0, 0.1) is 11.6 Å². The van der Waals surface area contributed by atoms with Crippen LogP contribution in [0.5, 0.6) is 5.75 Å². The number of halogens is 4. The molecule has 0 bridgehead atoms. The van der Waals surface area contributed by atoms with Gasteiger partial charge in [-0.15, -0.1) is 23.7 Å². The van der Waals surface area contributed by atoms with Gasteiger partial charge in [0.15, 0.2) is 0 Å². The Morgan fingerprint density at radius 3 is 2.23 bits per heavy atom. The number of rotatable bonds is 8. The first-order valence-electron chi connectivity index (χ1n) is 14.2. The molecule has 6 nitrogen and oxygen atoms in total. The summed E-state index contributed by atoms with van der Waals surface area (Å²) < 4.78 is 35.1. The molecule has 1 aromatic heterocycles. The third kappa shape index (κ3) is 6.71. The first kappa shape index (κ1) is 33.6. The smallest absolute Gasteiger partial charge is 0.266 e. The van der Waals surface area contributed by atoms with Crippen LogP contribution in [-0.4, -0.2) is 50.0 Å². The molecule has 1 fully saturated rings. The van der Waals surface area contributed by atoms with Gasteiger partial charge in [0.05, 0.1) is 22.2 Å². The molecule has 1 saturated carbocycles. The van der Waals surface area contributed by atoms with E-state index >= 15 is 0 Å². The summed E-state index contributed by atoms with van der Waals surface area (Å²) in [6, 6.07) is 15.8. The first-order valence-corrected chi connectivity index (χ1v) is 15.4. The summed E-state index contributed by atoms with van der Waals surface area (Å²) in [5.41, 5.74) is 3.44. The SMILES string of the molecule is CNC1CCC(N(Cc2cc(-c3ccc(N(C)C(C)=O)cc3)ccc2OC)C(=O)c2sc3c(F)ccc(F)c3c2Cl)CC1.Cl. The van der Waals surface area contributed by atoms with E-state index in [2.05, 4.69) is 5.32 Å². The highest BCUT2D eigenvalue weighted by molar-refractivity contribution is 7.21. The summed E-state index contributed by atoms with van der Waals surface area (Å²) in [5, 5.41) is 3.20. The Kier molecular flexibility index (Phi) is 10.9. The van der Waals surface area contributed by atoms with E-state index in [0.717, 1.165) is 71.5 Å². The van der Waals surface area contributed by atoms with Crippen molar-refractivity contribution in [3.8, 4) is 16.9 Å². The number of fused-ring (bicyclic) bond motifs is 1. The van der Waals surface area contributed by atoms with Gasteiger partial charge in [0.25, 0.3) is 5.91 Å². The van der Waals surface area contributed by atoms with Gasteiger partial charge >= 0.3 is 0 Å². The van der Waals surface area contributed by atoms with Crippen molar-refractivity contribution in [2.45, 2.75) is 51.2 Å². The molecule has 2 amide bonds. The van der Waals surface area contributed by atoms with Gasteiger partial charge in [-0.05, 0) is 80.3 Å². The Bertz CT molecular complexity index is 1660. The molecule has 44 heavy (non-hydrogen) atoms. The quantitative estimate of drug-likeness (QED) is 0.207. The molecule has 1 aliphatic carbocycles. The number of hydrogen-bond donors (Lipinski definition) is 1. The van der Waals surface area contributed by atoms with Crippen LogP contribution in [0.2, 0.25) is 5.02 Å². The van der Waals surface area contributed by atoms with E-state index in [1.807, 2.05) is 49.5 Å². The summed E-state index contributed by atoms with van der Waals surface area (Å²) in [6.07, 6.45) is 3.34. The van der Waals surface area contributed by atoms with E-state index in [0.29, 0.717) is 11.8 Å². The highest BCUT2D eigenvalue weighted by Gasteiger charge is 2.33. The fraction of sp³-hybridized carbons (Fsp3) is 0.333. The second-order valence-corrected chi connectivity index (χ2v) is 12.3. The van der Waals surface area contributed by atoms with Crippen molar-refractivity contribution in [2.75, 3.05) is 26.1 Å². The number of carbonyl (C=O) groups is 2. The van der Waals surface area contributed by atoms with Crippen molar-refractivity contribution in [1.29, 1.82) is 0 Å². The maximum Gasteiger partial charge on any atom is 0.266 e. The number of benzene rings is 3. The molecule has 5 rings (SSSR count). The van der Waals surface area contributed by atoms with Crippen molar-refractivity contribution in [2.24, 2.45) is 0 Å². The largest absolute Gasteiger partial charge is 0.496 e. The van der Waals surface area contributed by atoms with E-state index in [1.165, 1.54) is 6.92 Å². The summed E-state index contributed by atoms with van der Waals surface area (Å²) in [6.45, 7) is 1.74. The molecule has 234 valence electrons. The lowest BCUT2D eigenvalue weighted by atomic mass is 9.89. The summed E-state index contributed by atoms with van der Waals surface area (Å²) in [5.74, 6) is -1.07. The van der Waals surface area contributed by atoms with Crippen LogP contribution in [0.1, 0.15) is 47.8 Å². The van der Waals surface area contributed by atoms with Crippen molar-refractivity contribution in [3.63, 3.8) is 0 Å². The number of thiophene rings is 1. The maximum absolute atomic E-state index is 14.7. The number of carbonyl (C=O) groups excluding carboxylic acids is 2. The number of hydrogen-bond acceptors (Lipinski definition) is 5. The maximum atomic E-state index is 14.7. The zero-order chi connectivity index (χ0) is 30.8. The molecule has 0 atom stereocenters. The Morgan fingerprint density at radius 1 is 1.00 bits per heavy atom. The molecule has 0 unspecified atom stereocenters. The molecule has 0 radical (unpaired) electrons. The Hall–Kier alpha value is -3.24. The number of ether oxygens (including phenoxy) is 1. The highest BCUT2D eigenvalue weighted by atomic mass is 35.5.